The zero-order chi connectivity index (χ0) is 24.1. The molecule has 0 saturated heterocycles. The van der Waals surface area contributed by atoms with Gasteiger partial charge in [-0.15, -0.1) is 0 Å². The molecule has 2 aromatic carbocycles. The number of nitrogens with zero attached hydrogens (tertiary/aromatic N) is 1. The van der Waals surface area contributed by atoms with Gasteiger partial charge in [0, 0.05) is 10.9 Å². The lowest BCUT2D eigenvalue weighted by Gasteiger charge is -2.29. The molecule has 0 unspecified atom stereocenters. The fourth-order valence-electron chi connectivity index (χ4n) is 4.35. The summed E-state index contributed by atoms with van der Waals surface area (Å²) in [6.07, 6.45) is 0.353. The molecule has 4 aromatic rings. The summed E-state index contributed by atoms with van der Waals surface area (Å²) in [7, 11) is 0. The highest BCUT2D eigenvalue weighted by Gasteiger charge is 2.33. The lowest BCUT2D eigenvalue weighted by Crippen LogP contribution is -2.28. The number of rotatable bonds is 5. The Balaban J connectivity index is 2.20. The van der Waals surface area contributed by atoms with E-state index in [1.54, 1.807) is 12.3 Å². The van der Waals surface area contributed by atoms with Gasteiger partial charge >= 0.3 is 5.97 Å². The largest absolute Gasteiger partial charge is 0.479 e. The Kier molecular flexibility index (Phi) is 5.64. The van der Waals surface area contributed by atoms with Crippen molar-refractivity contribution < 1.29 is 23.9 Å². The zero-order valence-corrected chi connectivity index (χ0v) is 19.6. The first-order chi connectivity index (χ1) is 15.5. The van der Waals surface area contributed by atoms with Gasteiger partial charge in [-0.3, -0.25) is 0 Å². The number of carbonyl (C=O) groups is 1. The summed E-state index contributed by atoms with van der Waals surface area (Å²) in [6.45, 7) is 11.3. The molecule has 0 spiro atoms. The van der Waals surface area contributed by atoms with Gasteiger partial charge in [-0.1, -0.05) is 29.8 Å². The smallest absolute Gasteiger partial charge is 0.337 e. The average Bonchev–Trinajstić information content (AvgIpc) is 3.23. The second kappa shape index (κ2) is 8.17. The molecule has 2 heterocycles. The summed E-state index contributed by atoms with van der Waals surface area (Å²) < 4.78 is 11.9. The predicted octanol–water partition coefficient (Wildman–Crippen LogP) is 5.77. The van der Waals surface area contributed by atoms with E-state index >= 15 is 0 Å². The van der Waals surface area contributed by atoms with Gasteiger partial charge in [0.05, 0.1) is 22.8 Å². The summed E-state index contributed by atoms with van der Waals surface area (Å²) in [5.41, 5.74) is 5.30. The molecule has 0 saturated carbocycles. The number of aryl methyl sites for hydroxylation is 3. The summed E-state index contributed by atoms with van der Waals surface area (Å²) in [4.78, 5) is 22.2. The highest BCUT2D eigenvalue weighted by atomic mass is 16.6. The van der Waals surface area contributed by atoms with Crippen molar-refractivity contribution in [1.29, 1.82) is 0 Å². The van der Waals surface area contributed by atoms with Gasteiger partial charge in [0.2, 0.25) is 5.88 Å². The van der Waals surface area contributed by atoms with E-state index in [-0.39, 0.29) is 5.88 Å². The van der Waals surface area contributed by atoms with Crippen LogP contribution >= 0.6 is 0 Å². The van der Waals surface area contributed by atoms with Gasteiger partial charge in [-0.05, 0) is 69.9 Å². The number of carboxylic acid groups (broad SMARTS) is 1. The Hall–Kier alpha value is -3.42. The van der Waals surface area contributed by atoms with Crippen molar-refractivity contribution >= 4 is 27.8 Å². The van der Waals surface area contributed by atoms with Crippen LogP contribution in [0.4, 0.5) is 0 Å². The second-order valence-corrected chi connectivity index (χ2v) is 9.28. The van der Waals surface area contributed by atoms with Crippen LogP contribution in [0.15, 0.2) is 41.0 Å². The molecule has 0 fully saturated rings. The van der Waals surface area contributed by atoms with E-state index in [0.29, 0.717) is 27.6 Å². The van der Waals surface area contributed by atoms with E-state index in [0.717, 1.165) is 27.6 Å². The molecule has 0 amide bonds. The van der Waals surface area contributed by atoms with Crippen LogP contribution in [-0.4, -0.2) is 21.7 Å². The van der Waals surface area contributed by atoms with E-state index in [9.17, 15) is 9.90 Å². The van der Waals surface area contributed by atoms with Gasteiger partial charge in [0.1, 0.15) is 5.58 Å². The third-order valence-electron chi connectivity index (χ3n) is 5.76. The number of aliphatic carboxylic acids is 1. The molecule has 1 atom stereocenters. The number of benzene rings is 2. The maximum atomic E-state index is 12.5. The highest BCUT2D eigenvalue weighted by molar-refractivity contribution is 6.10. The molecular weight excluding hydrogens is 420 g/mol. The highest BCUT2D eigenvalue weighted by Crippen LogP contribution is 2.44. The number of pyridine rings is 1. The van der Waals surface area contributed by atoms with Crippen LogP contribution in [-0.2, 0) is 9.53 Å². The molecule has 33 heavy (non-hydrogen) atoms. The fraction of sp³-hybridized carbons (Fsp3) is 0.308. The molecule has 0 aliphatic rings. The standard InChI is InChI=1S/C26H28N2O5/c1-13-7-9-16(10-8-13)18-14(2)20-21(28-24(33-27)17-11-12-31-22(17)20)15(3)19(18)23(25(29)30)32-26(4,5)6/h7-12,23H,27H2,1-6H3,(H,29,30)/t23-/m0/s1. The van der Waals surface area contributed by atoms with Gasteiger partial charge in [-0.25, -0.2) is 9.78 Å². The van der Waals surface area contributed by atoms with Gasteiger partial charge < -0.3 is 19.1 Å². The van der Waals surface area contributed by atoms with Gasteiger partial charge in [-0.2, -0.15) is 5.90 Å². The monoisotopic (exact) mass is 448 g/mol. The Morgan fingerprint density at radius 3 is 2.33 bits per heavy atom. The molecule has 3 N–H and O–H groups in total. The average molecular weight is 449 g/mol. The van der Waals surface area contributed by atoms with Crippen LogP contribution in [0.3, 0.4) is 0 Å². The minimum atomic E-state index is -1.21. The number of hydrogen-bond donors (Lipinski definition) is 2. The first-order valence-corrected chi connectivity index (χ1v) is 10.7. The van der Waals surface area contributed by atoms with E-state index in [4.69, 9.17) is 19.9 Å². The zero-order valence-electron chi connectivity index (χ0n) is 19.6. The molecule has 4 rings (SSSR count). The third-order valence-corrected chi connectivity index (χ3v) is 5.76. The van der Waals surface area contributed by atoms with Crippen LogP contribution in [0, 0.1) is 20.8 Å². The topological polar surface area (TPSA) is 108 Å². The molecule has 7 nitrogen and oxygen atoms in total. The number of nitrogens with two attached hydrogens (primary N) is 1. The lowest BCUT2D eigenvalue weighted by molar-refractivity contribution is -0.160. The fourth-order valence-corrected chi connectivity index (χ4v) is 4.35. The maximum Gasteiger partial charge on any atom is 0.337 e. The molecule has 0 bridgehead atoms. The summed E-state index contributed by atoms with van der Waals surface area (Å²) in [5, 5.41) is 11.7. The predicted molar refractivity (Wildman–Crippen MR) is 127 cm³/mol. The van der Waals surface area contributed by atoms with Crippen molar-refractivity contribution in [1.82, 2.24) is 4.98 Å². The van der Waals surface area contributed by atoms with Crippen LogP contribution in [0.1, 0.15) is 49.1 Å². The third kappa shape index (κ3) is 3.94. The van der Waals surface area contributed by atoms with Crippen LogP contribution in [0.5, 0.6) is 5.88 Å². The molecule has 172 valence electrons. The van der Waals surface area contributed by atoms with Gasteiger partial charge in [0.15, 0.2) is 6.10 Å². The van der Waals surface area contributed by atoms with E-state index in [1.807, 2.05) is 65.8 Å². The number of fused-ring (bicyclic) bond motifs is 3. The maximum absolute atomic E-state index is 12.5. The second-order valence-electron chi connectivity index (χ2n) is 9.28. The summed E-state index contributed by atoms with van der Waals surface area (Å²) in [6, 6.07) is 9.75. The Labute approximate surface area is 192 Å². The van der Waals surface area contributed by atoms with Crippen molar-refractivity contribution in [3.8, 4) is 17.0 Å². The van der Waals surface area contributed by atoms with Crippen molar-refractivity contribution in [2.45, 2.75) is 53.2 Å². The van der Waals surface area contributed by atoms with Gasteiger partial charge in [0.25, 0.3) is 0 Å². The lowest BCUT2D eigenvalue weighted by atomic mass is 9.85. The Bertz CT molecular complexity index is 1360. The summed E-state index contributed by atoms with van der Waals surface area (Å²) >= 11 is 0. The minimum Gasteiger partial charge on any atom is -0.479 e. The molecular formula is C26H28N2O5. The van der Waals surface area contributed by atoms with E-state index in [2.05, 4.69) is 4.98 Å². The van der Waals surface area contributed by atoms with E-state index < -0.39 is 17.7 Å². The number of aromatic nitrogens is 1. The molecule has 0 aliphatic carbocycles. The SMILES string of the molecule is Cc1ccc(-c2c([C@H](OC(C)(C)C)C(=O)O)c(C)c3nc(ON)c4ccoc4c3c2C)cc1. The molecule has 0 radical (unpaired) electrons. The Morgan fingerprint density at radius 2 is 1.76 bits per heavy atom. The van der Waals surface area contributed by atoms with Crippen LogP contribution in [0.2, 0.25) is 0 Å². The minimum absolute atomic E-state index is 0.214. The number of ether oxygens (including phenoxy) is 1. The van der Waals surface area contributed by atoms with Crippen molar-refractivity contribution in [2.75, 3.05) is 0 Å². The quantitative estimate of drug-likeness (QED) is 0.373. The van der Waals surface area contributed by atoms with Crippen molar-refractivity contribution in [2.24, 2.45) is 5.90 Å². The van der Waals surface area contributed by atoms with Crippen LogP contribution in [0.25, 0.3) is 33.0 Å². The van der Waals surface area contributed by atoms with E-state index in [1.165, 1.54) is 0 Å². The van der Waals surface area contributed by atoms with Crippen molar-refractivity contribution in [3.63, 3.8) is 0 Å². The first-order valence-electron chi connectivity index (χ1n) is 10.7. The molecule has 0 aliphatic heterocycles. The summed E-state index contributed by atoms with van der Waals surface area (Å²) in [5.74, 6) is 4.64. The molecule has 2 aromatic heterocycles. The van der Waals surface area contributed by atoms with Crippen LogP contribution < -0.4 is 10.7 Å². The van der Waals surface area contributed by atoms with Crippen molar-refractivity contribution in [3.05, 3.63) is 58.8 Å². The normalized spacial score (nSPS) is 12.9. The number of furan rings is 1. The first kappa shape index (κ1) is 22.8. The number of hydrogen-bond acceptors (Lipinski definition) is 6. The molecule has 7 heteroatoms. The Morgan fingerprint density at radius 1 is 1.09 bits per heavy atom. The number of carboxylic acids is 1.